The van der Waals surface area contributed by atoms with Crippen molar-refractivity contribution in [3.8, 4) is 11.5 Å². The highest BCUT2D eigenvalue weighted by molar-refractivity contribution is 5.83. The van der Waals surface area contributed by atoms with Crippen molar-refractivity contribution >= 4 is 10.8 Å². The smallest absolute Gasteiger partial charge is 0.119 e. The van der Waals surface area contributed by atoms with E-state index in [1.807, 2.05) is 12.1 Å². The molecule has 0 N–H and O–H groups in total. The summed E-state index contributed by atoms with van der Waals surface area (Å²) in [6.07, 6.45) is 7.30. The monoisotopic (exact) mass is 376 g/mol. The maximum atomic E-state index is 5.62. The predicted molar refractivity (Wildman–Crippen MR) is 119 cm³/mol. The van der Waals surface area contributed by atoms with E-state index in [2.05, 4.69) is 62.4 Å². The fourth-order valence-electron chi connectivity index (χ4n) is 3.50. The Hall–Kier alpha value is -2.48. The molecular weight excluding hydrogens is 344 g/mol. The van der Waals surface area contributed by atoms with Crippen LogP contribution in [-0.4, -0.2) is 13.2 Å². The minimum Gasteiger partial charge on any atom is -0.494 e. The first-order chi connectivity index (χ1) is 13.8. The van der Waals surface area contributed by atoms with Gasteiger partial charge in [0.15, 0.2) is 0 Å². The van der Waals surface area contributed by atoms with Gasteiger partial charge in [0.2, 0.25) is 0 Å². The molecule has 3 aromatic rings. The molecule has 0 spiro atoms. The third-order valence-electron chi connectivity index (χ3n) is 4.99. The van der Waals surface area contributed by atoms with Crippen molar-refractivity contribution in [3.63, 3.8) is 0 Å². The van der Waals surface area contributed by atoms with Crippen LogP contribution in [0.15, 0.2) is 60.7 Å². The first-order valence-corrected chi connectivity index (χ1v) is 10.7. The van der Waals surface area contributed by atoms with E-state index >= 15 is 0 Å². The van der Waals surface area contributed by atoms with Crippen LogP contribution in [0.5, 0.6) is 11.5 Å². The third kappa shape index (κ3) is 5.76. The van der Waals surface area contributed by atoms with Gasteiger partial charge >= 0.3 is 0 Å². The topological polar surface area (TPSA) is 18.5 Å². The van der Waals surface area contributed by atoms with Gasteiger partial charge in [0.05, 0.1) is 13.2 Å². The van der Waals surface area contributed by atoms with Crippen LogP contribution in [0, 0.1) is 0 Å². The number of hydrogen-bond acceptors (Lipinski definition) is 2. The van der Waals surface area contributed by atoms with E-state index < -0.39 is 0 Å². The van der Waals surface area contributed by atoms with Crippen LogP contribution in [0.1, 0.15) is 50.7 Å². The Kier molecular flexibility index (Phi) is 7.78. The number of fused-ring (bicyclic) bond motifs is 2. The number of aryl methyl sites for hydroxylation is 2. The summed E-state index contributed by atoms with van der Waals surface area (Å²) in [6.45, 7) is 5.87. The van der Waals surface area contributed by atoms with Gasteiger partial charge in [0.1, 0.15) is 11.5 Å². The summed E-state index contributed by atoms with van der Waals surface area (Å²) in [6, 6.07) is 21.1. The normalized spacial score (nSPS) is 12.6. The molecule has 0 bridgehead atoms. The predicted octanol–water partition coefficient (Wildman–Crippen LogP) is 6.98. The zero-order chi connectivity index (χ0) is 19.6. The molecule has 0 amide bonds. The summed E-state index contributed by atoms with van der Waals surface area (Å²) in [4.78, 5) is 0. The van der Waals surface area contributed by atoms with E-state index in [1.54, 1.807) is 0 Å². The molecule has 3 aromatic carbocycles. The summed E-state index contributed by atoms with van der Waals surface area (Å²) in [5.74, 6) is 2.01. The Morgan fingerprint density at radius 2 is 1.25 bits per heavy atom. The summed E-state index contributed by atoms with van der Waals surface area (Å²) >= 11 is 0. The molecule has 0 unspecified atom stereocenters. The lowest BCUT2D eigenvalue weighted by Gasteiger charge is -2.16. The van der Waals surface area contributed by atoms with Gasteiger partial charge in [-0.15, -0.1) is 0 Å². The van der Waals surface area contributed by atoms with Gasteiger partial charge in [0, 0.05) is 0 Å². The fraction of sp³-hybridized carbons (Fsp3) is 0.385. The summed E-state index contributed by atoms with van der Waals surface area (Å²) < 4.78 is 11.2. The zero-order valence-electron chi connectivity index (χ0n) is 17.2. The van der Waals surface area contributed by atoms with Crippen molar-refractivity contribution in [2.75, 3.05) is 13.2 Å². The van der Waals surface area contributed by atoms with Crippen molar-refractivity contribution in [3.05, 3.63) is 71.8 Å². The number of ether oxygens (including phenoxy) is 2. The summed E-state index contributed by atoms with van der Waals surface area (Å²) in [5, 5.41) is 2.50. The Morgan fingerprint density at radius 1 is 0.643 bits per heavy atom. The molecular formula is C26H32O2. The van der Waals surface area contributed by atoms with E-state index in [-0.39, 0.29) is 0 Å². The van der Waals surface area contributed by atoms with Crippen molar-refractivity contribution in [1.29, 1.82) is 0 Å². The molecule has 0 saturated carbocycles. The van der Waals surface area contributed by atoms with Crippen LogP contribution in [0.3, 0.4) is 0 Å². The molecule has 0 heterocycles. The molecule has 4 rings (SSSR count). The molecule has 2 heteroatoms. The molecule has 2 nitrogen and oxygen atoms in total. The number of benzene rings is 3. The van der Waals surface area contributed by atoms with Gasteiger partial charge in [-0.2, -0.15) is 0 Å². The average molecular weight is 377 g/mol. The van der Waals surface area contributed by atoms with Crippen LogP contribution >= 0.6 is 0 Å². The molecule has 1 aliphatic carbocycles. The average Bonchev–Trinajstić information content (AvgIpc) is 2.76. The maximum Gasteiger partial charge on any atom is 0.119 e. The molecule has 1 aliphatic rings. The van der Waals surface area contributed by atoms with Crippen LogP contribution in [0.25, 0.3) is 10.8 Å². The van der Waals surface area contributed by atoms with Gasteiger partial charge in [-0.1, -0.05) is 50.2 Å². The standard InChI is InChI=1S/C13H18O.C13H14O/c2*1-2-9-14-13-8-7-11-5-3-4-6-12(11)10-13/h7-8,10H,2-6,9H2,1H3;3-8,10H,2,9H2,1H3. The van der Waals surface area contributed by atoms with E-state index in [0.29, 0.717) is 0 Å². The molecule has 0 aliphatic heterocycles. The molecule has 0 fully saturated rings. The van der Waals surface area contributed by atoms with Crippen LogP contribution in [0.4, 0.5) is 0 Å². The van der Waals surface area contributed by atoms with Gasteiger partial charge in [-0.3, -0.25) is 0 Å². The maximum absolute atomic E-state index is 5.62. The second kappa shape index (κ2) is 10.8. The first-order valence-electron chi connectivity index (χ1n) is 10.7. The van der Waals surface area contributed by atoms with Crippen molar-refractivity contribution in [2.24, 2.45) is 0 Å². The van der Waals surface area contributed by atoms with E-state index in [0.717, 1.165) is 37.6 Å². The molecule has 0 radical (unpaired) electrons. The highest BCUT2D eigenvalue weighted by Crippen LogP contribution is 2.25. The third-order valence-corrected chi connectivity index (χ3v) is 4.99. The van der Waals surface area contributed by atoms with Gasteiger partial charge in [0.25, 0.3) is 0 Å². The Bertz CT molecular complexity index is 869. The second-order valence-electron chi connectivity index (χ2n) is 7.34. The van der Waals surface area contributed by atoms with E-state index in [4.69, 9.17) is 9.47 Å². The Balaban J connectivity index is 0.000000161. The molecule has 0 atom stereocenters. The minimum absolute atomic E-state index is 0.790. The van der Waals surface area contributed by atoms with Gasteiger partial charge in [-0.05, 0) is 84.7 Å². The number of rotatable bonds is 6. The molecule has 0 saturated heterocycles. The van der Waals surface area contributed by atoms with Gasteiger partial charge in [-0.25, -0.2) is 0 Å². The van der Waals surface area contributed by atoms with Crippen molar-refractivity contribution < 1.29 is 9.47 Å². The van der Waals surface area contributed by atoms with Crippen LogP contribution in [-0.2, 0) is 12.8 Å². The summed E-state index contributed by atoms with van der Waals surface area (Å²) in [7, 11) is 0. The quantitative estimate of drug-likeness (QED) is 0.462. The molecule has 28 heavy (non-hydrogen) atoms. The van der Waals surface area contributed by atoms with Crippen LogP contribution < -0.4 is 9.47 Å². The Morgan fingerprint density at radius 3 is 1.96 bits per heavy atom. The fourth-order valence-corrected chi connectivity index (χ4v) is 3.50. The largest absolute Gasteiger partial charge is 0.494 e. The van der Waals surface area contributed by atoms with Crippen LogP contribution in [0.2, 0.25) is 0 Å². The van der Waals surface area contributed by atoms with E-state index in [1.165, 1.54) is 47.6 Å². The zero-order valence-corrected chi connectivity index (χ0v) is 17.2. The Labute approximate surface area is 169 Å². The highest BCUT2D eigenvalue weighted by Gasteiger charge is 2.09. The van der Waals surface area contributed by atoms with Crippen molar-refractivity contribution in [1.82, 2.24) is 0 Å². The lowest BCUT2D eigenvalue weighted by molar-refractivity contribution is 0.317. The molecule has 148 valence electrons. The SMILES string of the molecule is CCCOc1ccc2c(c1)CCCC2.CCCOc1ccc2ccccc2c1. The lowest BCUT2D eigenvalue weighted by Crippen LogP contribution is -2.03. The molecule has 0 aromatic heterocycles. The number of hydrogen-bond donors (Lipinski definition) is 0. The minimum atomic E-state index is 0.790. The van der Waals surface area contributed by atoms with E-state index in [9.17, 15) is 0 Å². The lowest BCUT2D eigenvalue weighted by atomic mass is 9.92. The summed E-state index contributed by atoms with van der Waals surface area (Å²) in [5.41, 5.74) is 3.03. The first kappa shape index (κ1) is 20.3. The second-order valence-corrected chi connectivity index (χ2v) is 7.34. The van der Waals surface area contributed by atoms with Crippen molar-refractivity contribution in [2.45, 2.75) is 52.4 Å². The van der Waals surface area contributed by atoms with Gasteiger partial charge < -0.3 is 9.47 Å². The highest BCUT2D eigenvalue weighted by atomic mass is 16.5.